The quantitative estimate of drug-likeness (QED) is 0.616. The third-order valence-corrected chi connectivity index (χ3v) is 1.24. The Labute approximate surface area is 72.5 Å². The molecule has 2 amide bonds. The second-order valence-corrected chi connectivity index (χ2v) is 3.02. The molecule has 0 aromatic heterocycles. The zero-order valence-corrected chi connectivity index (χ0v) is 7.63. The Morgan fingerprint density at radius 1 is 1.42 bits per heavy atom. The van der Waals surface area contributed by atoms with Crippen LogP contribution in [0.25, 0.3) is 0 Å². The van der Waals surface area contributed by atoms with Gasteiger partial charge in [-0.15, -0.1) is 0 Å². The van der Waals surface area contributed by atoms with Gasteiger partial charge in [-0.2, -0.15) is 0 Å². The maximum atomic E-state index is 10.7. The first kappa shape index (κ1) is 10.9. The molecule has 0 heterocycles. The lowest BCUT2D eigenvalue weighted by Gasteiger charge is -2.15. The van der Waals surface area contributed by atoms with Crippen LogP contribution in [0.1, 0.15) is 20.8 Å². The van der Waals surface area contributed by atoms with Crippen LogP contribution in [-0.4, -0.2) is 17.9 Å². The minimum absolute atomic E-state index is 0.217. The third kappa shape index (κ3) is 4.71. The number of hydrogen-bond acceptors (Lipinski definition) is 2. The Kier molecular flexibility index (Phi) is 4.33. The summed E-state index contributed by atoms with van der Waals surface area (Å²) in [5, 5.41) is 2.44. The molecule has 0 aromatic carbocycles. The number of hydrogen-bond donors (Lipinski definition) is 2. The van der Waals surface area contributed by atoms with E-state index in [1.54, 1.807) is 6.42 Å². The molecule has 0 fully saturated rings. The van der Waals surface area contributed by atoms with E-state index in [2.05, 4.69) is 5.32 Å². The summed E-state index contributed by atoms with van der Waals surface area (Å²) < 4.78 is 0. The van der Waals surface area contributed by atoms with Crippen LogP contribution in [0.3, 0.4) is 0 Å². The van der Waals surface area contributed by atoms with Gasteiger partial charge in [-0.3, -0.25) is 9.59 Å². The fraction of sp³-hybridized carbons (Fsp3) is 0.625. The molecule has 1 unspecified atom stereocenters. The molecule has 1 atom stereocenters. The fourth-order valence-corrected chi connectivity index (χ4v) is 0.818. The van der Waals surface area contributed by atoms with E-state index in [4.69, 9.17) is 5.73 Å². The summed E-state index contributed by atoms with van der Waals surface area (Å²) in [6.45, 7) is 5.18. The SMILES string of the molecule is CC(=O)NC([CH]C(C)C)C(N)=O. The summed E-state index contributed by atoms with van der Waals surface area (Å²) in [6.07, 6.45) is 1.70. The highest BCUT2D eigenvalue weighted by Crippen LogP contribution is 2.02. The smallest absolute Gasteiger partial charge is 0.240 e. The van der Waals surface area contributed by atoms with Gasteiger partial charge in [0, 0.05) is 6.92 Å². The van der Waals surface area contributed by atoms with E-state index in [0.717, 1.165) is 0 Å². The van der Waals surface area contributed by atoms with Crippen molar-refractivity contribution < 1.29 is 9.59 Å². The van der Waals surface area contributed by atoms with Crippen molar-refractivity contribution in [3.05, 3.63) is 6.42 Å². The average molecular weight is 171 g/mol. The molecule has 4 nitrogen and oxygen atoms in total. The minimum atomic E-state index is -0.650. The van der Waals surface area contributed by atoms with Crippen LogP contribution in [0.15, 0.2) is 0 Å². The summed E-state index contributed by atoms with van der Waals surface area (Å²) in [7, 11) is 0. The molecule has 4 heteroatoms. The predicted octanol–water partition coefficient (Wildman–Crippen LogP) is -0.163. The molecule has 12 heavy (non-hydrogen) atoms. The first-order valence-corrected chi connectivity index (χ1v) is 3.85. The van der Waals surface area contributed by atoms with Gasteiger partial charge < -0.3 is 11.1 Å². The van der Waals surface area contributed by atoms with Crippen LogP contribution in [-0.2, 0) is 9.59 Å². The summed E-state index contributed by atoms with van der Waals surface area (Å²) in [4.78, 5) is 21.3. The van der Waals surface area contributed by atoms with Crippen LogP contribution in [0, 0.1) is 12.3 Å². The molecular weight excluding hydrogens is 156 g/mol. The highest BCUT2D eigenvalue weighted by molar-refractivity contribution is 5.86. The lowest BCUT2D eigenvalue weighted by molar-refractivity contribution is -0.125. The van der Waals surface area contributed by atoms with Crippen molar-refractivity contribution in [2.45, 2.75) is 26.8 Å². The number of rotatable bonds is 4. The highest BCUT2D eigenvalue weighted by atomic mass is 16.2. The van der Waals surface area contributed by atoms with Gasteiger partial charge in [-0.1, -0.05) is 13.8 Å². The Morgan fingerprint density at radius 3 is 2.17 bits per heavy atom. The molecular formula is C8H15N2O2. The summed E-state index contributed by atoms with van der Waals surface area (Å²) in [6, 6.07) is -0.650. The van der Waals surface area contributed by atoms with Crippen LogP contribution in [0.5, 0.6) is 0 Å². The van der Waals surface area contributed by atoms with Gasteiger partial charge in [0.1, 0.15) is 6.04 Å². The van der Waals surface area contributed by atoms with Crippen molar-refractivity contribution in [2.75, 3.05) is 0 Å². The predicted molar refractivity (Wildman–Crippen MR) is 45.9 cm³/mol. The Balaban J connectivity index is 4.04. The van der Waals surface area contributed by atoms with Crippen molar-refractivity contribution >= 4 is 11.8 Å². The van der Waals surface area contributed by atoms with Gasteiger partial charge in [0.15, 0.2) is 0 Å². The van der Waals surface area contributed by atoms with Crippen LogP contribution in [0.2, 0.25) is 0 Å². The van der Waals surface area contributed by atoms with Gasteiger partial charge in [0.2, 0.25) is 11.8 Å². The summed E-state index contributed by atoms with van der Waals surface area (Å²) in [5.74, 6) is -0.566. The fourth-order valence-electron chi connectivity index (χ4n) is 0.818. The molecule has 0 aromatic rings. The van der Waals surface area contributed by atoms with Gasteiger partial charge in [-0.25, -0.2) is 0 Å². The normalized spacial score (nSPS) is 12.7. The lowest BCUT2D eigenvalue weighted by Crippen LogP contribution is -2.44. The van der Waals surface area contributed by atoms with E-state index < -0.39 is 11.9 Å². The standard InChI is InChI=1S/C8H15N2O2/c1-5(2)4-7(8(9)12)10-6(3)11/h4-5,7H,1-3H3,(H2,9,12)(H,10,11). The van der Waals surface area contributed by atoms with Gasteiger partial charge in [-0.05, 0) is 12.3 Å². The summed E-state index contributed by atoms with van der Waals surface area (Å²) in [5.41, 5.74) is 5.05. The number of nitrogens with one attached hydrogen (secondary N) is 1. The van der Waals surface area contributed by atoms with Crippen LogP contribution in [0.4, 0.5) is 0 Å². The van der Waals surface area contributed by atoms with E-state index in [0.29, 0.717) is 0 Å². The second-order valence-electron chi connectivity index (χ2n) is 3.02. The van der Waals surface area contributed by atoms with E-state index in [1.165, 1.54) is 6.92 Å². The molecule has 0 saturated carbocycles. The Morgan fingerprint density at radius 2 is 1.92 bits per heavy atom. The molecule has 0 spiro atoms. The molecule has 0 rings (SSSR count). The molecule has 0 bridgehead atoms. The molecule has 1 radical (unpaired) electrons. The average Bonchev–Trinajstić information content (AvgIpc) is 1.83. The van der Waals surface area contributed by atoms with Crippen molar-refractivity contribution in [3.8, 4) is 0 Å². The van der Waals surface area contributed by atoms with Gasteiger partial charge in [0.05, 0.1) is 0 Å². The zero-order chi connectivity index (χ0) is 9.72. The Bertz CT molecular complexity index is 178. The number of nitrogens with two attached hydrogens (primary N) is 1. The van der Waals surface area contributed by atoms with Crippen LogP contribution < -0.4 is 11.1 Å². The molecule has 3 N–H and O–H groups in total. The van der Waals surface area contributed by atoms with Crippen molar-refractivity contribution in [1.82, 2.24) is 5.32 Å². The molecule has 0 saturated heterocycles. The minimum Gasteiger partial charge on any atom is -0.368 e. The maximum absolute atomic E-state index is 10.7. The monoisotopic (exact) mass is 171 g/mol. The van der Waals surface area contributed by atoms with Gasteiger partial charge >= 0.3 is 0 Å². The zero-order valence-electron chi connectivity index (χ0n) is 7.63. The lowest BCUT2D eigenvalue weighted by atomic mass is 10.0. The highest BCUT2D eigenvalue weighted by Gasteiger charge is 2.17. The van der Waals surface area contributed by atoms with Gasteiger partial charge in [0.25, 0.3) is 0 Å². The van der Waals surface area contributed by atoms with E-state index in [9.17, 15) is 9.59 Å². The maximum Gasteiger partial charge on any atom is 0.240 e. The van der Waals surface area contributed by atoms with Crippen molar-refractivity contribution in [3.63, 3.8) is 0 Å². The summed E-state index contributed by atoms with van der Waals surface area (Å²) >= 11 is 0. The first-order chi connectivity index (χ1) is 5.43. The first-order valence-electron chi connectivity index (χ1n) is 3.85. The van der Waals surface area contributed by atoms with E-state index in [-0.39, 0.29) is 11.8 Å². The number of primary amides is 1. The largest absolute Gasteiger partial charge is 0.368 e. The Hall–Kier alpha value is -1.06. The second kappa shape index (κ2) is 4.74. The number of carbonyl (C=O) groups excluding carboxylic acids is 2. The molecule has 0 aliphatic heterocycles. The molecule has 0 aliphatic rings. The molecule has 69 valence electrons. The topological polar surface area (TPSA) is 72.2 Å². The van der Waals surface area contributed by atoms with E-state index >= 15 is 0 Å². The number of amides is 2. The van der Waals surface area contributed by atoms with Crippen molar-refractivity contribution in [1.29, 1.82) is 0 Å². The van der Waals surface area contributed by atoms with Crippen molar-refractivity contribution in [2.24, 2.45) is 11.7 Å². The van der Waals surface area contributed by atoms with E-state index in [1.807, 2.05) is 13.8 Å². The third-order valence-electron chi connectivity index (χ3n) is 1.24. The van der Waals surface area contributed by atoms with Crippen LogP contribution >= 0.6 is 0 Å². The molecule has 0 aliphatic carbocycles. The number of carbonyl (C=O) groups is 2.